The molecular formula is C8H6F5N. The molecular weight excluding hydrogens is 205 g/mol. The van der Waals surface area contributed by atoms with Gasteiger partial charge in [-0.05, 0) is 12.1 Å². The molecule has 0 radical (unpaired) electrons. The Labute approximate surface area is 76.3 Å². The van der Waals surface area contributed by atoms with E-state index >= 15 is 0 Å². The quantitative estimate of drug-likeness (QED) is 0.709. The lowest BCUT2D eigenvalue weighted by Gasteiger charge is -2.09. The number of nitrogens with two attached hydrogens (primary N) is 1. The molecule has 0 atom stereocenters. The fourth-order valence-corrected chi connectivity index (χ4v) is 0.962. The van der Waals surface area contributed by atoms with Gasteiger partial charge in [0.15, 0.2) is 0 Å². The lowest BCUT2D eigenvalue weighted by atomic mass is 10.1. The molecule has 0 unspecified atom stereocenters. The second-order valence-electron chi connectivity index (χ2n) is 2.63. The normalized spacial score (nSPS) is 11.9. The van der Waals surface area contributed by atoms with Crippen LogP contribution in [0.25, 0.3) is 0 Å². The summed E-state index contributed by atoms with van der Waals surface area (Å²) in [7, 11) is 0. The highest BCUT2D eigenvalue weighted by Crippen LogP contribution is 2.32. The predicted molar refractivity (Wildman–Crippen MR) is 39.3 cm³/mol. The van der Waals surface area contributed by atoms with Crippen molar-refractivity contribution in [3.8, 4) is 0 Å². The van der Waals surface area contributed by atoms with Crippen LogP contribution in [-0.2, 0) is 12.7 Å². The lowest BCUT2D eigenvalue weighted by molar-refractivity contribution is -0.140. The summed E-state index contributed by atoms with van der Waals surface area (Å²) in [6.45, 7) is -0.346. The van der Waals surface area contributed by atoms with E-state index in [1.807, 2.05) is 0 Å². The maximum absolute atomic E-state index is 12.8. The van der Waals surface area contributed by atoms with Gasteiger partial charge in [-0.2, -0.15) is 13.2 Å². The molecule has 0 aromatic heterocycles. The van der Waals surface area contributed by atoms with Gasteiger partial charge in [-0.1, -0.05) is 0 Å². The Morgan fingerprint density at radius 3 is 2.07 bits per heavy atom. The molecule has 78 valence electrons. The van der Waals surface area contributed by atoms with Crippen LogP contribution in [0.4, 0.5) is 22.0 Å². The molecule has 0 spiro atoms. The van der Waals surface area contributed by atoms with Gasteiger partial charge in [0, 0.05) is 12.1 Å². The van der Waals surface area contributed by atoms with E-state index in [1.54, 1.807) is 0 Å². The highest BCUT2D eigenvalue weighted by molar-refractivity contribution is 5.28. The van der Waals surface area contributed by atoms with E-state index in [-0.39, 0.29) is 18.2 Å². The van der Waals surface area contributed by atoms with Gasteiger partial charge in [0.1, 0.15) is 11.6 Å². The minimum absolute atomic E-state index is 0.109. The summed E-state index contributed by atoms with van der Waals surface area (Å²) in [4.78, 5) is 0. The van der Waals surface area contributed by atoms with Crippen LogP contribution in [-0.4, -0.2) is 0 Å². The molecule has 0 bridgehead atoms. The minimum atomic E-state index is -4.89. The first-order valence-electron chi connectivity index (χ1n) is 3.61. The molecule has 1 nitrogen and oxygen atoms in total. The standard InChI is InChI=1S/C8H6F5N/c9-6-2-5(8(11,12)13)7(10)1-4(6)3-14/h1-2H,3,14H2. The monoisotopic (exact) mass is 211 g/mol. The van der Waals surface area contributed by atoms with E-state index in [0.717, 1.165) is 0 Å². The molecule has 2 N–H and O–H groups in total. The second kappa shape index (κ2) is 3.53. The Morgan fingerprint density at radius 2 is 1.64 bits per heavy atom. The van der Waals surface area contributed by atoms with Gasteiger partial charge in [0.05, 0.1) is 5.56 Å². The predicted octanol–water partition coefficient (Wildman–Crippen LogP) is 2.44. The van der Waals surface area contributed by atoms with Crippen molar-refractivity contribution in [1.29, 1.82) is 0 Å². The molecule has 14 heavy (non-hydrogen) atoms. The van der Waals surface area contributed by atoms with Crippen LogP contribution in [0.3, 0.4) is 0 Å². The van der Waals surface area contributed by atoms with Crippen molar-refractivity contribution in [1.82, 2.24) is 0 Å². The van der Waals surface area contributed by atoms with Crippen LogP contribution in [0.15, 0.2) is 12.1 Å². The van der Waals surface area contributed by atoms with Crippen LogP contribution in [0.2, 0.25) is 0 Å². The zero-order chi connectivity index (χ0) is 10.9. The van der Waals surface area contributed by atoms with Crippen LogP contribution >= 0.6 is 0 Å². The average molecular weight is 211 g/mol. The summed E-state index contributed by atoms with van der Waals surface area (Å²) >= 11 is 0. The van der Waals surface area contributed by atoms with E-state index < -0.39 is 23.4 Å². The van der Waals surface area contributed by atoms with Gasteiger partial charge >= 0.3 is 6.18 Å². The van der Waals surface area contributed by atoms with Crippen molar-refractivity contribution in [2.24, 2.45) is 5.73 Å². The maximum Gasteiger partial charge on any atom is 0.419 e. The fourth-order valence-electron chi connectivity index (χ4n) is 0.962. The summed E-state index contributed by atoms with van der Waals surface area (Å²) < 4.78 is 61.7. The molecule has 1 aromatic carbocycles. The van der Waals surface area contributed by atoms with Crippen molar-refractivity contribution in [3.63, 3.8) is 0 Å². The summed E-state index contributed by atoms with van der Waals surface area (Å²) in [6.07, 6.45) is -4.89. The second-order valence-corrected chi connectivity index (χ2v) is 2.63. The van der Waals surface area contributed by atoms with E-state index in [4.69, 9.17) is 5.73 Å². The first-order valence-corrected chi connectivity index (χ1v) is 3.61. The van der Waals surface area contributed by atoms with Crippen molar-refractivity contribution >= 4 is 0 Å². The highest BCUT2D eigenvalue weighted by Gasteiger charge is 2.34. The Balaban J connectivity index is 3.29. The zero-order valence-corrected chi connectivity index (χ0v) is 6.83. The van der Waals surface area contributed by atoms with E-state index in [9.17, 15) is 22.0 Å². The van der Waals surface area contributed by atoms with Gasteiger partial charge in [0.2, 0.25) is 0 Å². The molecule has 0 heterocycles. The van der Waals surface area contributed by atoms with Crippen LogP contribution < -0.4 is 5.73 Å². The van der Waals surface area contributed by atoms with Crippen molar-refractivity contribution in [2.75, 3.05) is 0 Å². The van der Waals surface area contributed by atoms with E-state index in [2.05, 4.69) is 0 Å². The summed E-state index contributed by atoms with van der Waals surface area (Å²) in [5.41, 5.74) is 3.09. The molecule has 0 saturated heterocycles. The molecule has 0 amide bonds. The molecule has 0 aliphatic heterocycles. The molecule has 0 aliphatic carbocycles. The third-order valence-electron chi connectivity index (χ3n) is 1.66. The largest absolute Gasteiger partial charge is 0.419 e. The van der Waals surface area contributed by atoms with Gasteiger partial charge in [-0.15, -0.1) is 0 Å². The van der Waals surface area contributed by atoms with E-state index in [0.29, 0.717) is 6.07 Å². The van der Waals surface area contributed by atoms with Gasteiger partial charge < -0.3 is 5.73 Å². The van der Waals surface area contributed by atoms with Crippen molar-refractivity contribution in [2.45, 2.75) is 12.7 Å². The summed E-state index contributed by atoms with van der Waals surface area (Å²) in [5.74, 6) is -2.67. The molecule has 0 fully saturated rings. The highest BCUT2D eigenvalue weighted by atomic mass is 19.4. The van der Waals surface area contributed by atoms with Gasteiger partial charge in [-0.25, -0.2) is 8.78 Å². The molecule has 0 aliphatic rings. The van der Waals surface area contributed by atoms with Gasteiger partial charge in [-0.3, -0.25) is 0 Å². The number of rotatable bonds is 1. The van der Waals surface area contributed by atoms with E-state index in [1.165, 1.54) is 0 Å². The SMILES string of the molecule is NCc1cc(F)c(C(F)(F)F)cc1F. The van der Waals surface area contributed by atoms with Gasteiger partial charge in [0.25, 0.3) is 0 Å². The fraction of sp³-hybridized carbons (Fsp3) is 0.250. The average Bonchev–Trinajstić information content (AvgIpc) is 2.06. The van der Waals surface area contributed by atoms with Crippen LogP contribution in [0.5, 0.6) is 0 Å². The number of hydrogen-bond acceptors (Lipinski definition) is 1. The minimum Gasteiger partial charge on any atom is -0.326 e. The molecule has 6 heteroatoms. The first-order chi connectivity index (χ1) is 6.36. The topological polar surface area (TPSA) is 26.0 Å². The molecule has 0 saturated carbocycles. The molecule has 1 rings (SSSR count). The third-order valence-corrected chi connectivity index (χ3v) is 1.66. The zero-order valence-electron chi connectivity index (χ0n) is 6.83. The first kappa shape index (κ1) is 10.9. The van der Waals surface area contributed by atoms with Crippen LogP contribution in [0.1, 0.15) is 11.1 Å². The number of halogens is 5. The Hall–Kier alpha value is -1.17. The number of hydrogen-bond donors (Lipinski definition) is 1. The molecule has 1 aromatic rings. The third kappa shape index (κ3) is 2.01. The summed E-state index contributed by atoms with van der Waals surface area (Å²) in [6, 6.07) is 0.565. The smallest absolute Gasteiger partial charge is 0.326 e. The number of alkyl halides is 3. The lowest BCUT2D eigenvalue weighted by Crippen LogP contribution is -2.11. The Bertz CT molecular complexity index is 344. The maximum atomic E-state index is 12.8. The number of benzene rings is 1. The summed E-state index contributed by atoms with van der Waals surface area (Å²) in [5, 5.41) is 0. The Kier molecular flexibility index (Phi) is 2.75. The van der Waals surface area contributed by atoms with Crippen LogP contribution in [0, 0.1) is 11.6 Å². The van der Waals surface area contributed by atoms with Crippen molar-refractivity contribution in [3.05, 3.63) is 34.9 Å². The van der Waals surface area contributed by atoms with Crippen molar-refractivity contribution < 1.29 is 22.0 Å². The Morgan fingerprint density at radius 1 is 1.07 bits per heavy atom.